The highest BCUT2D eigenvalue weighted by molar-refractivity contribution is 7.80. The van der Waals surface area contributed by atoms with Crippen LogP contribution in [0.2, 0.25) is 0 Å². The number of hydrogen-bond acceptors (Lipinski definition) is 4. The second-order valence-corrected chi connectivity index (χ2v) is 4.38. The number of nitrogens with two attached hydrogens (primary N) is 1. The Morgan fingerprint density at radius 2 is 2.21 bits per heavy atom. The van der Waals surface area contributed by atoms with E-state index in [2.05, 4.69) is 15.4 Å². The molecule has 6 nitrogen and oxygen atoms in total. The summed E-state index contributed by atoms with van der Waals surface area (Å²) >= 11 is 4.95. The summed E-state index contributed by atoms with van der Waals surface area (Å²) in [4.78, 5) is 16.1. The van der Waals surface area contributed by atoms with Crippen LogP contribution in [0.5, 0.6) is 0 Å². The van der Waals surface area contributed by atoms with E-state index in [4.69, 9.17) is 18.0 Å². The molecule has 0 atom stereocenters. The summed E-state index contributed by atoms with van der Waals surface area (Å²) in [7, 11) is 1.55. The molecule has 0 spiro atoms. The van der Waals surface area contributed by atoms with Crippen LogP contribution in [-0.4, -0.2) is 32.7 Å². The average Bonchev–Trinajstić information content (AvgIpc) is 2.86. The average molecular weight is 275 g/mol. The van der Waals surface area contributed by atoms with Crippen molar-refractivity contribution in [2.75, 3.05) is 7.05 Å². The van der Waals surface area contributed by atoms with Crippen molar-refractivity contribution in [3.8, 4) is 5.82 Å². The van der Waals surface area contributed by atoms with Crippen LogP contribution in [-0.2, 0) is 0 Å². The Morgan fingerprint density at radius 3 is 2.84 bits per heavy atom. The molecule has 7 heteroatoms. The minimum absolute atomic E-state index is 0.249. The molecule has 0 radical (unpaired) electrons. The molecule has 0 aliphatic carbocycles. The number of amides is 1. The number of thiocarbonyl (C=S) groups is 1. The van der Waals surface area contributed by atoms with E-state index < -0.39 is 0 Å². The van der Waals surface area contributed by atoms with Gasteiger partial charge in [0, 0.05) is 24.5 Å². The summed E-state index contributed by atoms with van der Waals surface area (Å²) in [5.41, 5.74) is 7.43. The van der Waals surface area contributed by atoms with Gasteiger partial charge in [0.1, 0.15) is 4.99 Å². The second-order valence-electron chi connectivity index (χ2n) is 3.94. The molecule has 0 bridgehead atoms. The SMILES string of the molecule is CNC(=O)c1ccn(-c2cc(C(N)=S)cc(C)n2)n1. The van der Waals surface area contributed by atoms with Crippen molar-refractivity contribution in [1.82, 2.24) is 20.1 Å². The largest absolute Gasteiger partial charge is 0.389 e. The zero-order valence-electron chi connectivity index (χ0n) is 10.5. The molecular weight excluding hydrogens is 262 g/mol. The van der Waals surface area contributed by atoms with Gasteiger partial charge in [0.05, 0.1) is 0 Å². The van der Waals surface area contributed by atoms with Crippen LogP contribution >= 0.6 is 12.2 Å². The van der Waals surface area contributed by atoms with Crippen LogP contribution in [0.25, 0.3) is 5.82 Å². The zero-order valence-corrected chi connectivity index (χ0v) is 11.4. The van der Waals surface area contributed by atoms with Gasteiger partial charge in [-0.2, -0.15) is 5.10 Å². The number of aryl methyl sites for hydroxylation is 1. The van der Waals surface area contributed by atoms with Crippen molar-refractivity contribution in [1.29, 1.82) is 0 Å². The van der Waals surface area contributed by atoms with Crippen LogP contribution in [0.15, 0.2) is 24.4 Å². The third-order valence-electron chi connectivity index (χ3n) is 2.51. The van der Waals surface area contributed by atoms with E-state index in [-0.39, 0.29) is 5.91 Å². The van der Waals surface area contributed by atoms with Gasteiger partial charge in [-0.05, 0) is 25.1 Å². The van der Waals surface area contributed by atoms with Crippen molar-refractivity contribution < 1.29 is 4.79 Å². The lowest BCUT2D eigenvalue weighted by atomic mass is 10.2. The van der Waals surface area contributed by atoms with Crippen LogP contribution in [0.3, 0.4) is 0 Å². The first-order valence-electron chi connectivity index (χ1n) is 5.58. The van der Waals surface area contributed by atoms with E-state index in [9.17, 15) is 4.79 Å². The van der Waals surface area contributed by atoms with E-state index in [0.717, 1.165) is 11.3 Å². The minimum Gasteiger partial charge on any atom is -0.389 e. The van der Waals surface area contributed by atoms with Gasteiger partial charge in [0.15, 0.2) is 11.5 Å². The molecule has 0 unspecified atom stereocenters. The van der Waals surface area contributed by atoms with Gasteiger partial charge in [-0.3, -0.25) is 4.79 Å². The number of pyridine rings is 1. The first kappa shape index (κ1) is 13.2. The van der Waals surface area contributed by atoms with E-state index in [1.807, 2.05) is 6.92 Å². The molecule has 98 valence electrons. The lowest BCUT2D eigenvalue weighted by molar-refractivity contribution is 0.0957. The lowest BCUT2D eigenvalue weighted by Gasteiger charge is -2.05. The van der Waals surface area contributed by atoms with Crippen molar-refractivity contribution in [3.63, 3.8) is 0 Å². The first-order valence-corrected chi connectivity index (χ1v) is 5.98. The highest BCUT2D eigenvalue weighted by atomic mass is 32.1. The van der Waals surface area contributed by atoms with Crippen LogP contribution in [0, 0.1) is 6.92 Å². The number of nitrogens with zero attached hydrogens (tertiary/aromatic N) is 3. The smallest absolute Gasteiger partial charge is 0.271 e. The van der Waals surface area contributed by atoms with Crippen molar-refractivity contribution in [2.45, 2.75) is 6.92 Å². The Labute approximate surface area is 115 Å². The molecule has 0 saturated heterocycles. The van der Waals surface area contributed by atoms with E-state index in [1.54, 1.807) is 31.4 Å². The van der Waals surface area contributed by atoms with Gasteiger partial charge < -0.3 is 11.1 Å². The molecule has 2 heterocycles. The topological polar surface area (TPSA) is 85.8 Å². The van der Waals surface area contributed by atoms with Crippen LogP contribution < -0.4 is 11.1 Å². The number of nitrogens with one attached hydrogen (secondary N) is 1. The fourth-order valence-corrected chi connectivity index (χ4v) is 1.73. The maximum Gasteiger partial charge on any atom is 0.271 e. The Balaban J connectivity index is 2.44. The standard InChI is InChI=1S/C12H13N5OS/c1-7-5-8(11(13)19)6-10(15-7)17-4-3-9(16-17)12(18)14-2/h3-6H,1-2H3,(H2,13,19)(H,14,18). The van der Waals surface area contributed by atoms with Gasteiger partial charge in [-0.25, -0.2) is 9.67 Å². The summed E-state index contributed by atoms with van der Waals surface area (Å²) in [5.74, 6) is 0.318. The molecule has 3 N–H and O–H groups in total. The van der Waals surface area contributed by atoms with Crippen LogP contribution in [0.1, 0.15) is 21.7 Å². The lowest BCUT2D eigenvalue weighted by Crippen LogP contribution is -2.18. The maximum absolute atomic E-state index is 11.5. The molecule has 0 aliphatic rings. The summed E-state index contributed by atoms with van der Waals surface area (Å²) < 4.78 is 1.51. The van der Waals surface area contributed by atoms with Gasteiger partial charge in [-0.1, -0.05) is 12.2 Å². The summed E-state index contributed by atoms with van der Waals surface area (Å²) in [5, 5.41) is 6.66. The number of rotatable bonds is 3. The van der Waals surface area contributed by atoms with Gasteiger partial charge >= 0.3 is 0 Å². The molecule has 0 fully saturated rings. The Hall–Kier alpha value is -2.28. The molecular formula is C12H13N5OS. The summed E-state index contributed by atoms with van der Waals surface area (Å²) in [6.45, 7) is 1.84. The fourth-order valence-electron chi connectivity index (χ4n) is 1.61. The van der Waals surface area contributed by atoms with Gasteiger partial charge in [-0.15, -0.1) is 0 Å². The molecule has 2 aromatic rings. The van der Waals surface area contributed by atoms with Gasteiger partial charge in [0.2, 0.25) is 0 Å². The zero-order chi connectivity index (χ0) is 14.0. The van der Waals surface area contributed by atoms with Crippen molar-refractivity contribution in [2.24, 2.45) is 5.73 Å². The van der Waals surface area contributed by atoms with E-state index in [0.29, 0.717) is 16.5 Å². The molecule has 0 aromatic carbocycles. The molecule has 19 heavy (non-hydrogen) atoms. The summed E-state index contributed by atoms with van der Waals surface area (Å²) in [6.07, 6.45) is 1.66. The molecule has 2 aromatic heterocycles. The third kappa shape index (κ3) is 2.76. The minimum atomic E-state index is -0.249. The highest BCUT2D eigenvalue weighted by Crippen LogP contribution is 2.10. The third-order valence-corrected chi connectivity index (χ3v) is 2.74. The number of carbonyl (C=O) groups is 1. The Morgan fingerprint density at radius 1 is 1.47 bits per heavy atom. The first-order chi connectivity index (χ1) is 9.01. The highest BCUT2D eigenvalue weighted by Gasteiger charge is 2.10. The quantitative estimate of drug-likeness (QED) is 0.800. The fraction of sp³-hybridized carbons (Fsp3) is 0.167. The van der Waals surface area contributed by atoms with Gasteiger partial charge in [0.25, 0.3) is 5.91 Å². The Bertz CT molecular complexity index is 649. The van der Waals surface area contributed by atoms with Crippen LogP contribution in [0.4, 0.5) is 0 Å². The monoisotopic (exact) mass is 275 g/mol. The number of hydrogen-bond donors (Lipinski definition) is 2. The predicted octanol–water partition coefficient (Wildman–Crippen LogP) is 0.570. The normalized spacial score (nSPS) is 10.2. The van der Waals surface area contributed by atoms with E-state index >= 15 is 0 Å². The molecule has 0 saturated carbocycles. The predicted molar refractivity (Wildman–Crippen MR) is 75.4 cm³/mol. The second kappa shape index (κ2) is 5.15. The molecule has 2 rings (SSSR count). The van der Waals surface area contributed by atoms with Crippen molar-refractivity contribution >= 4 is 23.1 Å². The van der Waals surface area contributed by atoms with E-state index in [1.165, 1.54) is 4.68 Å². The summed E-state index contributed by atoms with van der Waals surface area (Å²) in [6, 6.07) is 5.15. The maximum atomic E-state index is 11.5. The Kier molecular flexibility index (Phi) is 3.57. The number of carbonyl (C=O) groups excluding carboxylic acids is 1. The molecule has 0 aliphatic heterocycles. The van der Waals surface area contributed by atoms with Crippen molar-refractivity contribution in [3.05, 3.63) is 41.3 Å². The molecule has 1 amide bonds. The number of aromatic nitrogens is 3.